The second-order valence-corrected chi connectivity index (χ2v) is 10.8. The molecule has 208 valence electrons. The van der Waals surface area contributed by atoms with Crippen molar-refractivity contribution >= 4 is 40.7 Å². The van der Waals surface area contributed by atoms with Gasteiger partial charge in [0, 0.05) is 67.5 Å². The number of carbonyl (C=O) groups excluding carboxylic acids is 2. The summed E-state index contributed by atoms with van der Waals surface area (Å²) in [5.74, 6) is 5.98. The molecule has 0 unspecified atom stereocenters. The molecule has 2 aliphatic rings. The molecular weight excluding hydrogens is 554 g/mol. The predicted molar refractivity (Wildman–Crippen MR) is 164 cm³/mol. The lowest BCUT2D eigenvalue weighted by atomic mass is 10.0. The summed E-state index contributed by atoms with van der Waals surface area (Å²) in [6.45, 7) is 5.51. The van der Waals surface area contributed by atoms with Crippen LogP contribution in [0.15, 0.2) is 84.4 Å². The van der Waals surface area contributed by atoms with E-state index in [0.29, 0.717) is 17.2 Å². The monoisotopic (exact) mass is 583 g/mol. The number of nitrogens with zero attached hydrogens (tertiary/aromatic N) is 3. The number of rotatable bonds is 6. The third kappa shape index (κ3) is 6.67. The van der Waals surface area contributed by atoms with E-state index in [1.807, 2.05) is 48.5 Å². The second kappa shape index (κ2) is 13.1. The number of halogens is 1. The van der Waals surface area contributed by atoms with Crippen molar-refractivity contribution < 1.29 is 9.59 Å². The minimum absolute atomic E-state index is 0. The first-order chi connectivity index (χ1) is 19.6. The predicted octanol–water partition coefficient (Wildman–Crippen LogP) is 4.71. The molecule has 0 bridgehead atoms. The highest BCUT2D eigenvalue weighted by Crippen LogP contribution is 2.33. The molecule has 3 aromatic carbocycles. The summed E-state index contributed by atoms with van der Waals surface area (Å²) in [5.41, 5.74) is 5.19. The van der Waals surface area contributed by atoms with E-state index in [1.165, 1.54) is 16.9 Å². The van der Waals surface area contributed by atoms with Crippen molar-refractivity contribution in [2.45, 2.75) is 19.1 Å². The summed E-state index contributed by atoms with van der Waals surface area (Å²) in [6.07, 6.45) is 1.64. The Hall–Kier alpha value is -4.00. The molecule has 0 spiro atoms. The van der Waals surface area contributed by atoms with Crippen molar-refractivity contribution in [2.24, 2.45) is 0 Å². The summed E-state index contributed by atoms with van der Waals surface area (Å²) < 4.78 is 0. The van der Waals surface area contributed by atoms with Crippen LogP contribution in [0.2, 0.25) is 0 Å². The number of hydrogen-bond acceptors (Lipinski definition) is 6. The number of benzene rings is 3. The molecule has 41 heavy (non-hydrogen) atoms. The summed E-state index contributed by atoms with van der Waals surface area (Å²) in [5, 5.41) is 8.56. The summed E-state index contributed by atoms with van der Waals surface area (Å²) in [6, 6.07) is 22.7. The van der Waals surface area contributed by atoms with Gasteiger partial charge in [0.05, 0.1) is 0 Å². The molecule has 1 aromatic heterocycles. The van der Waals surface area contributed by atoms with Gasteiger partial charge in [-0.25, -0.2) is 4.98 Å². The molecule has 2 N–H and O–H groups in total. The first kappa shape index (κ1) is 28.5. The maximum absolute atomic E-state index is 13.6. The Kier molecular flexibility index (Phi) is 9.12. The molecular formula is C32H30ClN5O2S. The van der Waals surface area contributed by atoms with Crippen LogP contribution in [0, 0.1) is 11.8 Å². The van der Waals surface area contributed by atoms with Gasteiger partial charge in [0.25, 0.3) is 11.8 Å². The molecule has 2 amide bonds. The lowest BCUT2D eigenvalue weighted by molar-refractivity contribution is -0.120. The standard InChI is InChI=1S/C32H29N5O2S.ClH/c38-30(35-32-34-16-19-40-32)29(26-4-2-1-3-5-26)37-22-27-13-12-24(20-28(27)31(37)39)9-6-23-7-10-25(11-8-23)21-36-17-14-33-15-18-36;/h1-5,7-8,10-13,16,19-20,29,33H,14-15,17-18,21-22H2,(H,34,35,38);1H/t29-;/m1./s1. The zero-order valence-corrected chi connectivity index (χ0v) is 24.0. The normalized spacial score (nSPS) is 15.3. The zero-order valence-electron chi connectivity index (χ0n) is 22.4. The Morgan fingerprint density at radius 2 is 1.73 bits per heavy atom. The molecule has 3 heterocycles. The van der Waals surface area contributed by atoms with Gasteiger partial charge in [-0.3, -0.25) is 19.8 Å². The fraction of sp³-hybridized carbons (Fsp3) is 0.219. The number of fused-ring (bicyclic) bond motifs is 1. The topological polar surface area (TPSA) is 77.6 Å². The molecule has 1 atom stereocenters. The number of thiazole rings is 1. The molecule has 6 rings (SSSR count). The maximum atomic E-state index is 13.6. The number of piperazine rings is 1. The fourth-order valence-electron chi connectivity index (χ4n) is 5.14. The van der Waals surface area contributed by atoms with Crippen LogP contribution >= 0.6 is 23.7 Å². The summed E-state index contributed by atoms with van der Waals surface area (Å²) in [4.78, 5) is 35.3. The van der Waals surface area contributed by atoms with Crippen LogP contribution in [0.5, 0.6) is 0 Å². The Balaban J connectivity index is 0.00000337. The van der Waals surface area contributed by atoms with Gasteiger partial charge in [0.1, 0.15) is 6.04 Å². The van der Waals surface area contributed by atoms with Gasteiger partial charge in [0.15, 0.2) is 5.13 Å². The Morgan fingerprint density at radius 3 is 2.46 bits per heavy atom. The second-order valence-electron chi connectivity index (χ2n) is 9.92. The lowest BCUT2D eigenvalue weighted by Crippen LogP contribution is -2.42. The average molecular weight is 584 g/mol. The van der Waals surface area contributed by atoms with Gasteiger partial charge in [-0.2, -0.15) is 0 Å². The van der Waals surface area contributed by atoms with Gasteiger partial charge in [0.2, 0.25) is 0 Å². The van der Waals surface area contributed by atoms with Crippen LogP contribution in [0.3, 0.4) is 0 Å². The van der Waals surface area contributed by atoms with Crippen LogP contribution in [0.1, 0.15) is 44.2 Å². The number of aromatic nitrogens is 1. The zero-order chi connectivity index (χ0) is 27.3. The molecule has 1 fully saturated rings. The highest BCUT2D eigenvalue weighted by Gasteiger charge is 2.37. The van der Waals surface area contributed by atoms with Gasteiger partial charge in [-0.15, -0.1) is 23.7 Å². The highest BCUT2D eigenvalue weighted by atomic mass is 35.5. The SMILES string of the molecule is Cl.O=C(Nc1nccs1)[C@@H](c1ccccc1)N1Cc2ccc(C#Cc3ccc(CN4CCNCC4)cc3)cc2C1=O. The van der Waals surface area contributed by atoms with Crippen LogP contribution in [-0.2, 0) is 17.9 Å². The van der Waals surface area contributed by atoms with E-state index in [0.717, 1.165) is 55.0 Å². The van der Waals surface area contributed by atoms with Crippen molar-refractivity contribution in [1.29, 1.82) is 0 Å². The Morgan fingerprint density at radius 1 is 1.00 bits per heavy atom. The van der Waals surface area contributed by atoms with Crippen LogP contribution in [-0.4, -0.2) is 52.8 Å². The van der Waals surface area contributed by atoms with Crippen molar-refractivity contribution in [3.63, 3.8) is 0 Å². The first-order valence-electron chi connectivity index (χ1n) is 13.4. The van der Waals surface area contributed by atoms with Crippen LogP contribution in [0.4, 0.5) is 5.13 Å². The quantitative estimate of drug-likeness (QED) is 0.322. The number of anilines is 1. The summed E-state index contributed by atoms with van der Waals surface area (Å²) in [7, 11) is 0. The van der Waals surface area contributed by atoms with E-state index in [4.69, 9.17) is 0 Å². The van der Waals surface area contributed by atoms with Crippen molar-refractivity contribution in [3.05, 3.63) is 118 Å². The average Bonchev–Trinajstić information content (AvgIpc) is 3.62. The van der Waals surface area contributed by atoms with E-state index in [2.05, 4.69) is 56.6 Å². The fourth-order valence-corrected chi connectivity index (χ4v) is 5.67. The van der Waals surface area contributed by atoms with Gasteiger partial charge >= 0.3 is 0 Å². The van der Waals surface area contributed by atoms with Crippen molar-refractivity contribution in [1.82, 2.24) is 20.1 Å². The molecule has 0 aliphatic carbocycles. The lowest BCUT2D eigenvalue weighted by Gasteiger charge is -2.27. The number of hydrogen-bond donors (Lipinski definition) is 2. The van der Waals surface area contributed by atoms with Gasteiger partial charge in [-0.1, -0.05) is 60.4 Å². The van der Waals surface area contributed by atoms with E-state index in [1.54, 1.807) is 16.5 Å². The Bertz CT molecular complexity index is 1560. The van der Waals surface area contributed by atoms with E-state index < -0.39 is 6.04 Å². The van der Waals surface area contributed by atoms with E-state index in [9.17, 15) is 9.59 Å². The van der Waals surface area contributed by atoms with Crippen molar-refractivity contribution in [3.8, 4) is 11.8 Å². The van der Waals surface area contributed by atoms with Gasteiger partial charge < -0.3 is 10.2 Å². The van der Waals surface area contributed by atoms with Crippen LogP contribution < -0.4 is 10.6 Å². The van der Waals surface area contributed by atoms with E-state index in [-0.39, 0.29) is 24.2 Å². The molecule has 2 aliphatic heterocycles. The highest BCUT2D eigenvalue weighted by molar-refractivity contribution is 7.13. The molecule has 1 saturated heterocycles. The largest absolute Gasteiger partial charge is 0.318 e. The number of nitrogens with one attached hydrogen (secondary N) is 2. The molecule has 7 nitrogen and oxygen atoms in total. The first-order valence-corrected chi connectivity index (χ1v) is 14.3. The summed E-state index contributed by atoms with van der Waals surface area (Å²) >= 11 is 1.34. The third-order valence-electron chi connectivity index (χ3n) is 7.20. The smallest absolute Gasteiger partial charge is 0.255 e. The van der Waals surface area contributed by atoms with E-state index >= 15 is 0 Å². The van der Waals surface area contributed by atoms with Gasteiger partial charge in [-0.05, 0) is 41.0 Å². The van der Waals surface area contributed by atoms with Crippen molar-refractivity contribution in [2.75, 3.05) is 31.5 Å². The molecule has 9 heteroatoms. The molecule has 4 aromatic rings. The minimum Gasteiger partial charge on any atom is -0.318 e. The van der Waals surface area contributed by atoms with Crippen LogP contribution in [0.25, 0.3) is 0 Å². The maximum Gasteiger partial charge on any atom is 0.255 e. The number of carbonyl (C=O) groups is 2. The molecule has 0 radical (unpaired) electrons. The third-order valence-corrected chi connectivity index (χ3v) is 7.89. The Labute approximate surface area is 250 Å². The number of amides is 2. The molecule has 0 saturated carbocycles. The minimum atomic E-state index is -0.778.